The molecule has 0 saturated heterocycles. The van der Waals surface area contributed by atoms with Crippen LogP contribution in [0.5, 0.6) is 5.88 Å². The fraction of sp³-hybridized carbons (Fsp3) is 0.0769. The normalized spacial score (nSPS) is 10.1. The zero-order valence-corrected chi connectivity index (χ0v) is 11.4. The first-order chi connectivity index (χ1) is 9.65. The molecule has 7 heteroatoms. The van der Waals surface area contributed by atoms with Crippen LogP contribution in [0.1, 0.15) is 21.5 Å². The maximum absolute atomic E-state index is 11.6. The Bertz CT molecular complexity index is 640. The van der Waals surface area contributed by atoms with Crippen LogP contribution in [0, 0.1) is 0 Å². The molecule has 0 atom stereocenters. The maximum Gasteiger partial charge on any atom is 0.275 e. The van der Waals surface area contributed by atoms with Crippen molar-refractivity contribution < 1.29 is 14.7 Å². The van der Waals surface area contributed by atoms with Gasteiger partial charge in [-0.3, -0.25) is 10.0 Å². The van der Waals surface area contributed by atoms with E-state index in [0.717, 1.165) is 5.56 Å². The van der Waals surface area contributed by atoms with E-state index in [4.69, 9.17) is 9.94 Å². The molecule has 0 spiro atoms. The van der Waals surface area contributed by atoms with Gasteiger partial charge < -0.3 is 4.74 Å². The summed E-state index contributed by atoms with van der Waals surface area (Å²) in [5.74, 6) is -0.221. The zero-order chi connectivity index (χ0) is 14.5. The first kappa shape index (κ1) is 14.2. The first-order valence-corrected chi connectivity index (χ1v) is 6.12. The summed E-state index contributed by atoms with van der Waals surface area (Å²) in [5, 5.41) is 12.7. The van der Waals surface area contributed by atoms with Gasteiger partial charge in [-0.05, 0) is 24.4 Å². The lowest BCUT2D eigenvalue weighted by atomic mass is 10.0. The van der Waals surface area contributed by atoms with Crippen molar-refractivity contribution >= 4 is 24.8 Å². The highest BCUT2D eigenvalue weighted by Crippen LogP contribution is 2.19. The van der Waals surface area contributed by atoms with Crippen LogP contribution >= 0.6 is 12.8 Å². The minimum Gasteiger partial charge on any atom is -0.472 e. The summed E-state index contributed by atoms with van der Waals surface area (Å²) in [7, 11) is 0. The van der Waals surface area contributed by atoms with Crippen LogP contribution < -0.4 is 10.2 Å². The Morgan fingerprint density at radius 3 is 2.95 bits per heavy atom. The largest absolute Gasteiger partial charge is 0.472 e. The Morgan fingerprint density at radius 2 is 2.35 bits per heavy atom. The second-order valence-electron chi connectivity index (χ2n) is 3.88. The molecule has 0 radical (unpaired) electrons. The van der Waals surface area contributed by atoms with Crippen LogP contribution in [0.2, 0.25) is 0 Å². The number of amides is 1. The fourth-order valence-electron chi connectivity index (χ4n) is 1.75. The molecule has 0 unspecified atom stereocenters. The lowest BCUT2D eigenvalue weighted by Crippen LogP contribution is -2.21. The van der Waals surface area contributed by atoms with Gasteiger partial charge in [0.15, 0.2) is 0 Å². The molecule has 2 N–H and O–H groups in total. The van der Waals surface area contributed by atoms with E-state index in [9.17, 15) is 4.79 Å². The Hall–Kier alpha value is -2.25. The number of ether oxygens (including phenoxy) is 1. The Balaban J connectivity index is 2.28. The van der Waals surface area contributed by atoms with Crippen molar-refractivity contribution in [3.8, 4) is 5.88 Å². The molecular weight excluding hydrogens is 278 g/mol. The Kier molecular flexibility index (Phi) is 4.44. The van der Waals surface area contributed by atoms with Gasteiger partial charge in [0.1, 0.15) is 6.61 Å². The molecule has 0 aliphatic carbocycles. The van der Waals surface area contributed by atoms with Crippen LogP contribution in [0.15, 0.2) is 37.0 Å². The molecule has 1 heterocycles. The van der Waals surface area contributed by atoms with E-state index >= 15 is 0 Å². The van der Waals surface area contributed by atoms with Crippen molar-refractivity contribution in [1.82, 2.24) is 14.7 Å². The molecule has 0 fully saturated rings. The molecule has 1 aromatic carbocycles. The highest BCUT2D eigenvalue weighted by atomic mass is 32.1. The van der Waals surface area contributed by atoms with Crippen molar-refractivity contribution in [2.45, 2.75) is 6.61 Å². The van der Waals surface area contributed by atoms with Gasteiger partial charge in [-0.15, -0.1) is 5.10 Å². The summed E-state index contributed by atoms with van der Waals surface area (Å²) >= 11 is 4.00. The topological polar surface area (TPSA) is 76.4 Å². The smallest absolute Gasteiger partial charge is 0.275 e. The molecule has 104 valence electrons. The minimum atomic E-state index is -0.605. The molecule has 0 aliphatic rings. The second-order valence-corrected chi connectivity index (χ2v) is 4.29. The Morgan fingerprint density at radius 1 is 1.55 bits per heavy atom. The SMILES string of the molecule is C=Cc1cccc(C(=O)NO)c1COc1ccn(S)n1. The number of carbonyl (C=O) groups is 1. The van der Waals surface area contributed by atoms with Gasteiger partial charge in [0.25, 0.3) is 5.91 Å². The molecule has 2 aromatic rings. The van der Waals surface area contributed by atoms with Gasteiger partial charge in [0, 0.05) is 23.4 Å². The summed E-state index contributed by atoms with van der Waals surface area (Å²) < 4.78 is 6.82. The average molecular weight is 291 g/mol. The number of rotatable bonds is 5. The van der Waals surface area contributed by atoms with E-state index in [1.807, 2.05) is 0 Å². The van der Waals surface area contributed by atoms with Crippen molar-refractivity contribution in [3.05, 3.63) is 53.7 Å². The molecule has 0 saturated carbocycles. The van der Waals surface area contributed by atoms with Gasteiger partial charge in [-0.25, -0.2) is 9.57 Å². The third kappa shape index (κ3) is 3.01. The lowest BCUT2D eigenvalue weighted by molar-refractivity contribution is 0.0703. The molecule has 20 heavy (non-hydrogen) atoms. The van der Waals surface area contributed by atoms with Crippen molar-refractivity contribution in [2.24, 2.45) is 0 Å². The second kappa shape index (κ2) is 6.27. The average Bonchev–Trinajstić information content (AvgIpc) is 2.89. The van der Waals surface area contributed by atoms with Crippen LogP contribution in [-0.4, -0.2) is 20.3 Å². The van der Waals surface area contributed by atoms with Crippen LogP contribution in [0.4, 0.5) is 0 Å². The number of hydrogen-bond donors (Lipinski definition) is 3. The van der Waals surface area contributed by atoms with Gasteiger partial charge >= 0.3 is 0 Å². The van der Waals surface area contributed by atoms with Crippen LogP contribution in [0.25, 0.3) is 6.08 Å². The number of carbonyl (C=O) groups excluding carboxylic acids is 1. The van der Waals surface area contributed by atoms with E-state index in [2.05, 4.69) is 24.5 Å². The number of hydroxylamine groups is 1. The van der Waals surface area contributed by atoms with Crippen molar-refractivity contribution in [2.75, 3.05) is 0 Å². The molecular formula is C13H13N3O3S. The summed E-state index contributed by atoms with van der Waals surface area (Å²) in [6.45, 7) is 3.82. The van der Waals surface area contributed by atoms with Crippen LogP contribution in [0.3, 0.4) is 0 Å². The number of nitrogens with one attached hydrogen (secondary N) is 1. The van der Waals surface area contributed by atoms with E-state index in [1.54, 1.807) is 42.0 Å². The predicted octanol–water partition coefficient (Wildman–Crippen LogP) is 1.92. The van der Waals surface area contributed by atoms with Gasteiger partial charge in [0.05, 0.1) is 0 Å². The summed E-state index contributed by atoms with van der Waals surface area (Å²) in [6, 6.07) is 6.74. The van der Waals surface area contributed by atoms with E-state index in [-0.39, 0.29) is 6.61 Å². The molecule has 0 aliphatic heterocycles. The monoisotopic (exact) mass is 291 g/mol. The van der Waals surface area contributed by atoms with Gasteiger partial charge in [-0.2, -0.15) is 0 Å². The minimum absolute atomic E-state index is 0.121. The quantitative estimate of drug-likeness (QED) is 0.447. The van der Waals surface area contributed by atoms with Gasteiger partial charge in [0.2, 0.25) is 5.88 Å². The molecule has 0 bridgehead atoms. The summed E-state index contributed by atoms with van der Waals surface area (Å²) in [5.41, 5.74) is 3.29. The predicted molar refractivity (Wildman–Crippen MR) is 76.7 cm³/mol. The highest BCUT2D eigenvalue weighted by molar-refractivity contribution is 7.78. The van der Waals surface area contributed by atoms with E-state index in [0.29, 0.717) is 17.0 Å². The van der Waals surface area contributed by atoms with Gasteiger partial charge in [-0.1, -0.05) is 24.8 Å². The standard InChI is InChI=1S/C13H13N3O3S/c1-2-9-4-3-5-10(13(17)15-18)11(9)8-19-12-6-7-16(20)14-12/h2-7,18,20H,1,8H2,(H,15,17). The Labute approximate surface area is 121 Å². The highest BCUT2D eigenvalue weighted by Gasteiger charge is 2.14. The van der Waals surface area contributed by atoms with E-state index < -0.39 is 5.91 Å². The number of aromatic nitrogens is 2. The molecule has 1 amide bonds. The molecule has 2 rings (SSSR count). The third-order valence-corrected chi connectivity index (χ3v) is 2.92. The number of thiol groups is 1. The maximum atomic E-state index is 11.6. The number of nitrogens with zero attached hydrogens (tertiary/aromatic N) is 2. The molecule has 1 aromatic heterocycles. The van der Waals surface area contributed by atoms with Crippen molar-refractivity contribution in [3.63, 3.8) is 0 Å². The summed E-state index contributed by atoms with van der Waals surface area (Å²) in [6.07, 6.45) is 3.24. The summed E-state index contributed by atoms with van der Waals surface area (Å²) in [4.78, 5) is 11.6. The number of benzene rings is 1. The van der Waals surface area contributed by atoms with Crippen molar-refractivity contribution in [1.29, 1.82) is 0 Å². The third-order valence-electron chi connectivity index (χ3n) is 2.69. The van der Waals surface area contributed by atoms with E-state index in [1.165, 1.54) is 4.09 Å². The first-order valence-electron chi connectivity index (χ1n) is 5.72. The van der Waals surface area contributed by atoms with Crippen LogP contribution in [-0.2, 0) is 6.61 Å². The zero-order valence-electron chi connectivity index (χ0n) is 10.5. The fourth-order valence-corrected chi connectivity index (χ4v) is 1.91. The lowest BCUT2D eigenvalue weighted by Gasteiger charge is -2.11. The molecule has 6 nitrogen and oxygen atoms in total. The number of hydrogen-bond acceptors (Lipinski definition) is 5.